The van der Waals surface area contributed by atoms with Crippen molar-refractivity contribution in [3.63, 3.8) is 0 Å². The first kappa shape index (κ1) is 12.3. The second-order valence-electron chi connectivity index (χ2n) is 3.84. The van der Waals surface area contributed by atoms with Crippen molar-refractivity contribution in [3.8, 4) is 0 Å². The third-order valence-corrected chi connectivity index (χ3v) is 3.49. The van der Waals surface area contributed by atoms with Gasteiger partial charge >= 0.3 is 0 Å². The zero-order valence-electron chi connectivity index (χ0n) is 8.94. The topological polar surface area (TPSA) is 0 Å². The van der Waals surface area contributed by atoms with E-state index in [0.29, 0.717) is 5.38 Å². The van der Waals surface area contributed by atoms with E-state index in [-0.39, 0.29) is 0 Å². The Labute approximate surface area is 82.7 Å². The Hall–Kier alpha value is 0.290. The van der Waals surface area contributed by atoms with Gasteiger partial charge in [0.05, 0.1) is 0 Å². The molecule has 0 rings (SSSR count). The molecule has 74 valence electrons. The monoisotopic (exact) mass is 190 g/mol. The summed E-state index contributed by atoms with van der Waals surface area (Å²) in [6, 6.07) is 0. The van der Waals surface area contributed by atoms with Crippen molar-refractivity contribution in [2.45, 2.75) is 58.8 Å². The van der Waals surface area contributed by atoms with Gasteiger partial charge in [0.25, 0.3) is 0 Å². The molecule has 0 aliphatic heterocycles. The summed E-state index contributed by atoms with van der Waals surface area (Å²) in [5, 5.41) is 0.393. The van der Waals surface area contributed by atoms with Crippen LogP contribution in [-0.4, -0.2) is 5.38 Å². The fourth-order valence-electron chi connectivity index (χ4n) is 1.59. The molecule has 0 aromatic rings. The number of hydrogen-bond acceptors (Lipinski definition) is 0. The first-order valence-corrected chi connectivity index (χ1v) is 5.73. The van der Waals surface area contributed by atoms with Crippen LogP contribution in [0.2, 0.25) is 0 Å². The summed E-state index contributed by atoms with van der Waals surface area (Å²) < 4.78 is 0. The third kappa shape index (κ3) is 4.35. The van der Waals surface area contributed by atoms with E-state index in [9.17, 15) is 0 Å². The average Bonchev–Trinajstić information content (AvgIpc) is 2.12. The maximum Gasteiger partial charge on any atom is 0.0361 e. The lowest BCUT2D eigenvalue weighted by Gasteiger charge is -2.22. The summed E-state index contributed by atoms with van der Waals surface area (Å²) in [5.41, 5.74) is 0. The van der Waals surface area contributed by atoms with Crippen LogP contribution in [0.1, 0.15) is 53.4 Å². The van der Waals surface area contributed by atoms with Crippen LogP contribution in [-0.2, 0) is 0 Å². The lowest BCUT2D eigenvalue weighted by Crippen LogP contribution is -2.16. The highest BCUT2D eigenvalue weighted by atomic mass is 35.5. The molecule has 0 saturated heterocycles. The summed E-state index contributed by atoms with van der Waals surface area (Å²) in [7, 11) is 0. The van der Waals surface area contributed by atoms with Gasteiger partial charge in [-0.1, -0.05) is 40.5 Å². The van der Waals surface area contributed by atoms with Crippen molar-refractivity contribution < 1.29 is 0 Å². The van der Waals surface area contributed by atoms with Crippen LogP contribution in [0.25, 0.3) is 0 Å². The molecule has 0 aromatic carbocycles. The molecule has 12 heavy (non-hydrogen) atoms. The van der Waals surface area contributed by atoms with Crippen molar-refractivity contribution >= 4 is 11.6 Å². The van der Waals surface area contributed by atoms with Gasteiger partial charge in [0.2, 0.25) is 0 Å². The Balaban J connectivity index is 3.81. The molecule has 0 heterocycles. The van der Waals surface area contributed by atoms with Crippen molar-refractivity contribution in [3.05, 3.63) is 0 Å². The van der Waals surface area contributed by atoms with Crippen LogP contribution in [0.4, 0.5) is 0 Å². The van der Waals surface area contributed by atoms with Crippen LogP contribution < -0.4 is 0 Å². The molecule has 0 bridgehead atoms. The first-order valence-electron chi connectivity index (χ1n) is 5.29. The van der Waals surface area contributed by atoms with E-state index < -0.39 is 0 Å². The standard InChI is InChI=1S/C11H23Cl/c1-5-9(4)8-10(6-2)11(12)7-3/h9-11H,5-8H2,1-4H3. The minimum Gasteiger partial charge on any atom is -0.123 e. The maximum atomic E-state index is 6.23. The van der Waals surface area contributed by atoms with Gasteiger partial charge in [0.1, 0.15) is 0 Å². The fraction of sp³-hybridized carbons (Fsp3) is 1.00. The van der Waals surface area contributed by atoms with Crippen LogP contribution in [0.3, 0.4) is 0 Å². The van der Waals surface area contributed by atoms with Crippen molar-refractivity contribution in [2.24, 2.45) is 11.8 Å². The van der Waals surface area contributed by atoms with Gasteiger partial charge in [-0.25, -0.2) is 0 Å². The highest BCUT2D eigenvalue weighted by molar-refractivity contribution is 6.20. The Morgan fingerprint density at radius 3 is 1.92 bits per heavy atom. The van der Waals surface area contributed by atoms with E-state index >= 15 is 0 Å². The van der Waals surface area contributed by atoms with Crippen LogP contribution in [0.5, 0.6) is 0 Å². The minimum atomic E-state index is 0.393. The lowest BCUT2D eigenvalue weighted by molar-refractivity contribution is 0.356. The maximum absolute atomic E-state index is 6.23. The molecule has 0 N–H and O–H groups in total. The minimum absolute atomic E-state index is 0.393. The molecule has 0 fully saturated rings. The van der Waals surface area contributed by atoms with Gasteiger partial charge in [-0.15, -0.1) is 11.6 Å². The Morgan fingerprint density at radius 2 is 1.58 bits per heavy atom. The van der Waals surface area contributed by atoms with E-state index in [4.69, 9.17) is 11.6 Å². The largest absolute Gasteiger partial charge is 0.123 e. The fourth-order valence-corrected chi connectivity index (χ4v) is 1.87. The predicted octanol–water partition coefficient (Wildman–Crippen LogP) is 4.47. The van der Waals surface area contributed by atoms with Crippen molar-refractivity contribution in [1.29, 1.82) is 0 Å². The Bertz CT molecular complexity index is 101. The smallest absolute Gasteiger partial charge is 0.0361 e. The first-order chi connectivity index (χ1) is 5.65. The van der Waals surface area contributed by atoms with Crippen molar-refractivity contribution in [1.82, 2.24) is 0 Å². The molecule has 0 saturated carbocycles. The van der Waals surface area contributed by atoms with Crippen LogP contribution in [0, 0.1) is 11.8 Å². The summed E-state index contributed by atoms with van der Waals surface area (Å²) in [4.78, 5) is 0. The number of alkyl halides is 1. The van der Waals surface area contributed by atoms with E-state index in [1.807, 2.05) is 0 Å². The van der Waals surface area contributed by atoms with Crippen LogP contribution >= 0.6 is 11.6 Å². The van der Waals surface area contributed by atoms with Gasteiger partial charge in [-0.3, -0.25) is 0 Å². The van der Waals surface area contributed by atoms with E-state index in [2.05, 4.69) is 27.7 Å². The SMILES string of the molecule is CCC(C)CC(CC)C(Cl)CC. The molecular weight excluding hydrogens is 168 g/mol. The van der Waals surface area contributed by atoms with Crippen molar-refractivity contribution in [2.75, 3.05) is 0 Å². The molecular formula is C11H23Cl. The molecule has 0 nitrogen and oxygen atoms in total. The highest BCUT2D eigenvalue weighted by Crippen LogP contribution is 2.26. The molecule has 0 aromatic heterocycles. The molecule has 0 spiro atoms. The van der Waals surface area contributed by atoms with Gasteiger partial charge in [-0.2, -0.15) is 0 Å². The normalized spacial score (nSPS) is 18.8. The average molecular weight is 191 g/mol. The predicted molar refractivity (Wildman–Crippen MR) is 57.8 cm³/mol. The zero-order valence-corrected chi connectivity index (χ0v) is 9.69. The summed E-state index contributed by atoms with van der Waals surface area (Å²) >= 11 is 6.23. The Morgan fingerprint density at radius 1 is 1.00 bits per heavy atom. The molecule has 0 aliphatic rings. The molecule has 3 unspecified atom stereocenters. The highest BCUT2D eigenvalue weighted by Gasteiger charge is 2.17. The van der Waals surface area contributed by atoms with E-state index in [1.165, 1.54) is 19.3 Å². The molecule has 1 heteroatoms. The van der Waals surface area contributed by atoms with Gasteiger partial charge in [0, 0.05) is 5.38 Å². The molecule has 3 atom stereocenters. The molecule has 0 amide bonds. The lowest BCUT2D eigenvalue weighted by atomic mass is 9.89. The molecule has 0 aliphatic carbocycles. The quantitative estimate of drug-likeness (QED) is 0.543. The van der Waals surface area contributed by atoms with E-state index in [1.54, 1.807) is 0 Å². The summed E-state index contributed by atoms with van der Waals surface area (Å²) in [6.45, 7) is 9.00. The second-order valence-corrected chi connectivity index (χ2v) is 4.40. The third-order valence-electron chi connectivity index (χ3n) is 2.83. The summed E-state index contributed by atoms with van der Waals surface area (Å²) in [6.07, 6.45) is 4.92. The van der Waals surface area contributed by atoms with E-state index in [0.717, 1.165) is 18.3 Å². The van der Waals surface area contributed by atoms with Gasteiger partial charge < -0.3 is 0 Å². The number of rotatable bonds is 6. The van der Waals surface area contributed by atoms with Gasteiger partial charge in [-0.05, 0) is 24.7 Å². The van der Waals surface area contributed by atoms with Gasteiger partial charge in [0.15, 0.2) is 0 Å². The number of halogens is 1. The zero-order chi connectivity index (χ0) is 9.56. The van der Waals surface area contributed by atoms with Crippen LogP contribution in [0.15, 0.2) is 0 Å². The number of hydrogen-bond donors (Lipinski definition) is 0. The second kappa shape index (κ2) is 6.77. The Kier molecular flexibility index (Phi) is 6.93. The summed E-state index contributed by atoms with van der Waals surface area (Å²) in [5.74, 6) is 1.56. The molecule has 0 radical (unpaired) electrons.